The van der Waals surface area contributed by atoms with Gasteiger partial charge in [0.1, 0.15) is 11.6 Å². The maximum atomic E-state index is 13.2. The van der Waals surface area contributed by atoms with E-state index in [4.69, 9.17) is 15.9 Å². The van der Waals surface area contributed by atoms with E-state index in [1.807, 2.05) is 0 Å². The molecule has 0 saturated heterocycles. The first-order valence-corrected chi connectivity index (χ1v) is 11.8. The number of rotatable bonds is 7. The maximum absolute atomic E-state index is 13.2. The summed E-state index contributed by atoms with van der Waals surface area (Å²) in [6.45, 7) is 1.74. The van der Waals surface area contributed by atoms with E-state index in [0.717, 1.165) is 6.26 Å². The highest BCUT2D eigenvalue weighted by Gasteiger charge is 2.23. The van der Waals surface area contributed by atoms with Crippen LogP contribution in [0.1, 0.15) is 31.8 Å². The van der Waals surface area contributed by atoms with Crippen molar-refractivity contribution in [3.8, 4) is 16.9 Å². The minimum atomic E-state index is -4.04. The molecule has 0 radical (unpaired) electrons. The number of anilines is 1. The summed E-state index contributed by atoms with van der Waals surface area (Å²) in [5, 5.41) is 10.2. The van der Waals surface area contributed by atoms with E-state index >= 15 is 0 Å². The highest BCUT2D eigenvalue weighted by molar-refractivity contribution is 7.86. The third-order valence-corrected chi connectivity index (χ3v) is 5.29. The topological polar surface area (TPSA) is 149 Å². The summed E-state index contributed by atoms with van der Waals surface area (Å²) >= 11 is 0. The summed E-state index contributed by atoms with van der Waals surface area (Å²) in [5.74, 6) is -1.23. The Kier molecular flexibility index (Phi) is 7.02. The summed E-state index contributed by atoms with van der Waals surface area (Å²) in [6.07, 6.45) is 0.782. The summed E-state index contributed by atoms with van der Waals surface area (Å²) < 4.78 is 32.9. The monoisotopic (exact) mass is 481 g/mol. The summed E-state index contributed by atoms with van der Waals surface area (Å²) in [7, 11) is -2.59. The highest BCUT2D eigenvalue weighted by atomic mass is 32.2. The molecule has 0 aliphatic heterocycles. The van der Waals surface area contributed by atoms with Crippen molar-refractivity contribution in [2.45, 2.75) is 6.92 Å². The number of amidine groups is 1. The molecule has 3 aromatic carbocycles. The molecule has 3 rings (SSSR count). The van der Waals surface area contributed by atoms with Crippen LogP contribution >= 0.6 is 0 Å². The average Bonchev–Trinajstić information content (AvgIpc) is 2.78. The number of carbonyl (C=O) groups excluding carboxylic acids is 2. The van der Waals surface area contributed by atoms with Gasteiger partial charge in [-0.05, 0) is 66.6 Å². The van der Waals surface area contributed by atoms with Gasteiger partial charge in [0, 0.05) is 11.3 Å². The van der Waals surface area contributed by atoms with Crippen molar-refractivity contribution >= 4 is 33.5 Å². The second-order valence-electron chi connectivity index (χ2n) is 7.48. The normalized spacial score (nSPS) is 10.9. The fourth-order valence-corrected chi connectivity index (χ4v) is 3.61. The minimum absolute atomic E-state index is 0.00421. The number of hydrogen-bond donors (Lipinski definition) is 3. The molecule has 176 valence electrons. The summed E-state index contributed by atoms with van der Waals surface area (Å²) in [5.41, 5.74) is 8.02. The molecular weight excluding hydrogens is 458 g/mol. The zero-order valence-corrected chi connectivity index (χ0v) is 19.5. The molecule has 0 aliphatic carbocycles. The zero-order chi connectivity index (χ0) is 25.0. The van der Waals surface area contributed by atoms with Gasteiger partial charge in [-0.1, -0.05) is 17.7 Å². The first-order chi connectivity index (χ1) is 16.0. The van der Waals surface area contributed by atoms with Gasteiger partial charge in [0.15, 0.2) is 0 Å². The van der Waals surface area contributed by atoms with Crippen LogP contribution in [0, 0.1) is 12.3 Å². The lowest BCUT2D eigenvalue weighted by Gasteiger charge is -2.15. The van der Waals surface area contributed by atoms with Crippen LogP contribution in [-0.2, 0) is 14.3 Å². The predicted octanol–water partition coefficient (Wildman–Crippen LogP) is 3.32. The molecule has 0 heterocycles. The summed E-state index contributed by atoms with van der Waals surface area (Å²) in [6, 6.07) is 16.0. The first kappa shape index (κ1) is 24.5. The van der Waals surface area contributed by atoms with E-state index in [1.165, 1.54) is 19.2 Å². The third-order valence-electron chi connectivity index (χ3n) is 4.84. The van der Waals surface area contributed by atoms with E-state index in [9.17, 15) is 18.0 Å². The number of benzene rings is 3. The number of nitrogen functional groups attached to an aromatic ring is 1. The molecule has 9 nitrogen and oxygen atoms in total. The van der Waals surface area contributed by atoms with Gasteiger partial charge in [-0.25, -0.2) is 4.79 Å². The first-order valence-electron chi connectivity index (χ1n) is 9.97. The van der Waals surface area contributed by atoms with Crippen LogP contribution in [0.2, 0.25) is 0 Å². The largest absolute Gasteiger partial charge is 0.497 e. The standard InChI is InChI=1S/C24H23N3O6S/c1-14-4-10-19(21(12-14)24(29)33-34(3,30)31)18-11-9-17(32-2)13-20(18)23(28)27-16-7-5-15(6-8-16)22(25)26/h4-13H,1-3H3,(H3,25,26)(H,27,28). The SMILES string of the molecule is COc1ccc(-c2ccc(C)cc2C(=O)OS(C)(=O)=O)c(C(=O)Nc2ccc(C(=N)N)cc2)c1. The van der Waals surface area contributed by atoms with Crippen LogP contribution in [0.15, 0.2) is 60.7 Å². The van der Waals surface area contributed by atoms with E-state index in [-0.39, 0.29) is 17.0 Å². The van der Waals surface area contributed by atoms with Gasteiger partial charge in [-0.15, -0.1) is 0 Å². The van der Waals surface area contributed by atoms with Crippen molar-refractivity contribution in [2.24, 2.45) is 5.73 Å². The lowest BCUT2D eigenvalue weighted by atomic mass is 9.93. The smallest absolute Gasteiger partial charge is 0.354 e. The zero-order valence-electron chi connectivity index (χ0n) is 18.7. The summed E-state index contributed by atoms with van der Waals surface area (Å²) in [4.78, 5) is 25.9. The minimum Gasteiger partial charge on any atom is -0.497 e. The molecule has 0 fully saturated rings. The van der Waals surface area contributed by atoms with Crippen LogP contribution in [0.25, 0.3) is 11.1 Å². The lowest BCUT2D eigenvalue weighted by molar-refractivity contribution is 0.0748. The number of nitrogens with two attached hydrogens (primary N) is 1. The predicted molar refractivity (Wildman–Crippen MR) is 129 cm³/mol. The van der Waals surface area contributed by atoms with Gasteiger partial charge in [0.2, 0.25) is 0 Å². The molecule has 0 saturated carbocycles. The van der Waals surface area contributed by atoms with E-state index in [1.54, 1.807) is 55.5 Å². The van der Waals surface area contributed by atoms with E-state index < -0.39 is 22.0 Å². The Balaban J connectivity index is 2.08. The van der Waals surface area contributed by atoms with Crippen LogP contribution in [-0.4, -0.2) is 39.5 Å². The third kappa shape index (κ3) is 5.78. The Bertz CT molecular complexity index is 1380. The molecule has 34 heavy (non-hydrogen) atoms. The molecule has 0 unspecified atom stereocenters. The second-order valence-corrected chi connectivity index (χ2v) is 9.06. The molecule has 3 aromatic rings. The van der Waals surface area contributed by atoms with Crippen molar-refractivity contribution < 1.29 is 26.9 Å². The molecule has 0 atom stereocenters. The van der Waals surface area contributed by atoms with Crippen molar-refractivity contribution in [1.82, 2.24) is 0 Å². The maximum Gasteiger partial charge on any atom is 0.354 e. The molecule has 0 aromatic heterocycles. The van der Waals surface area contributed by atoms with Crippen molar-refractivity contribution in [1.29, 1.82) is 5.41 Å². The molecule has 4 N–H and O–H groups in total. The van der Waals surface area contributed by atoms with Crippen molar-refractivity contribution in [2.75, 3.05) is 18.7 Å². The quantitative estimate of drug-likeness (QED) is 0.266. The van der Waals surface area contributed by atoms with Gasteiger partial charge in [-0.3, -0.25) is 10.2 Å². The number of nitrogens with one attached hydrogen (secondary N) is 2. The lowest BCUT2D eigenvalue weighted by Crippen LogP contribution is -2.16. The average molecular weight is 482 g/mol. The number of carbonyl (C=O) groups is 2. The van der Waals surface area contributed by atoms with E-state index in [2.05, 4.69) is 9.50 Å². The Morgan fingerprint density at radius 3 is 2.15 bits per heavy atom. The molecule has 0 aliphatic rings. The second kappa shape index (κ2) is 9.75. The Labute approximate surface area is 197 Å². The number of amides is 1. The molecule has 0 spiro atoms. The Hall–Kier alpha value is -4.18. The van der Waals surface area contributed by atoms with Crippen LogP contribution in [0.5, 0.6) is 5.75 Å². The van der Waals surface area contributed by atoms with Crippen molar-refractivity contribution in [3.63, 3.8) is 0 Å². The van der Waals surface area contributed by atoms with Gasteiger partial charge in [-0.2, -0.15) is 8.42 Å². The van der Waals surface area contributed by atoms with Crippen molar-refractivity contribution in [3.05, 3.63) is 82.9 Å². The van der Waals surface area contributed by atoms with E-state index in [0.29, 0.717) is 33.7 Å². The number of aryl methyl sites for hydroxylation is 1. The number of ether oxygens (including phenoxy) is 1. The van der Waals surface area contributed by atoms with Gasteiger partial charge >= 0.3 is 16.1 Å². The Morgan fingerprint density at radius 2 is 1.56 bits per heavy atom. The number of hydrogen-bond acceptors (Lipinski definition) is 7. The molecule has 10 heteroatoms. The van der Waals surface area contributed by atoms with Gasteiger partial charge < -0.3 is 20.0 Å². The van der Waals surface area contributed by atoms with Crippen LogP contribution in [0.3, 0.4) is 0 Å². The Morgan fingerprint density at radius 1 is 0.941 bits per heavy atom. The number of methoxy groups -OCH3 is 1. The highest BCUT2D eigenvalue weighted by Crippen LogP contribution is 2.32. The molecule has 0 bridgehead atoms. The molecule has 1 amide bonds. The fraction of sp³-hybridized carbons (Fsp3) is 0.125. The van der Waals surface area contributed by atoms with Crippen LogP contribution in [0.4, 0.5) is 5.69 Å². The van der Waals surface area contributed by atoms with Gasteiger partial charge in [0.25, 0.3) is 5.91 Å². The molecular formula is C24H23N3O6S. The fourth-order valence-electron chi connectivity index (χ4n) is 3.25. The van der Waals surface area contributed by atoms with Gasteiger partial charge in [0.05, 0.1) is 24.5 Å². The van der Waals surface area contributed by atoms with Crippen LogP contribution < -0.4 is 15.8 Å².